The highest BCUT2D eigenvalue weighted by Crippen LogP contribution is 2.29. The minimum atomic E-state index is -3.01. The molecule has 1 aliphatic rings. The van der Waals surface area contributed by atoms with E-state index in [1.807, 2.05) is 24.3 Å². The maximum absolute atomic E-state index is 7.60. The lowest BCUT2D eigenvalue weighted by Crippen LogP contribution is -2.17. The minimum Gasteiger partial charge on any atom is -0.497 e. The van der Waals surface area contributed by atoms with Crippen molar-refractivity contribution < 1.29 is 18.6 Å². The van der Waals surface area contributed by atoms with E-state index in [9.17, 15) is 0 Å². The predicted molar refractivity (Wildman–Crippen MR) is 79.7 cm³/mol. The first-order chi connectivity index (χ1) is 10.0. The van der Waals surface area contributed by atoms with E-state index in [0.717, 1.165) is 11.3 Å². The number of benzene rings is 1. The zero-order valence-electron chi connectivity index (χ0n) is 12.8. The first-order valence-electron chi connectivity index (χ1n) is 7.07. The summed E-state index contributed by atoms with van der Waals surface area (Å²) in [6.45, 7) is 0.821. The van der Waals surface area contributed by atoms with Crippen LogP contribution >= 0.6 is 8.73 Å². The Hall–Kier alpha value is -0.388. The molecule has 0 N–H and O–H groups in total. The van der Waals surface area contributed by atoms with Crippen molar-refractivity contribution >= 4 is 24.7 Å². The van der Waals surface area contributed by atoms with Gasteiger partial charge in [0.1, 0.15) is 14.3 Å². The summed E-state index contributed by atoms with van der Waals surface area (Å²) in [6.07, 6.45) is 0.160. The Morgan fingerprint density at radius 3 is 3.11 bits per heavy atom. The molecule has 2 rings (SSSR count). The average molecular weight is 299 g/mol. The fourth-order valence-corrected chi connectivity index (χ4v) is 2.48. The SMILES string of the molecule is [2H][Si]([B])(OCC[C@@H]1COC(c2ccc(OC)cc2)O1)P[3H]. The molecule has 1 fully saturated rings. The summed E-state index contributed by atoms with van der Waals surface area (Å²) in [5.74, 6) is 0.789. The van der Waals surface area contributed by atoms with Crippen LogP contribution in [-0.4, -0.2) is 44.9 Å². The maximum atomic E-state index is 7.60. The molecule has 4 atom stereocenters. The molecule has 3 unspecified atom stereocenters. The number of hydrogen-bond donors (Lipinski definition) is 0. The van der Waals surface area contributed by atoms with E-state index in [0.29, 0.717) is 19.6 Å². The normalized spacial score (nSPS) is 28.1. The van der Waals surface area contributed by atoms with Crippen molar-refractivity contribution in [2.45, 2.75) is 18.8 Å². The van der Waals surface area contributed by atoms with E-state index >= 15 is 0 Å². The molecule has 0 bridgehead atoms. The summed E-state index contributed by atoms with van der Waals surface area (Å²) >= 11 is 0. The molecule has 19 heavy (non-hydrogen) atoms. The third-order valence-electron chi connectivity index (χ3n) is 2.83. The topological polar surface area (TPSA) is 36.9 Å². The molecule has 1 aromatic rings. The molecule has 102 valence electrons. The summed E-state index contributed by atoms with van der Waals surface area (Å²) in [5.41, 5.74) is 0.940. The molecule has 4 nitrogen and oxygen atoms in total. The second kappa shape index (κ2) is 7.41. The molecule has 1 heterocycles. The Morgan fingerprint density at radius 1 is 1.63 bits per heavy atom. The first-order valence-corrected chi connectivity index (χ1v) is 9.05. The molecule has 7 heteroatoms. The quantitative estimate of drug-likeness (QED) is 0.561. The Balaban J connectivity index is 1.77. The van der Waals surface area contributed by atoms with E-state index in [4.69, 9.17) is 28.6 Å². The lowest BCUT2D eigenvalue weighted by Gasteiger charge is -2.13. The van der Waals surface area contributed by atoms with Crippen LogP contribution in [0.25, 0.3) is 0 Å². The molecule has 1 aromatic carbocycles. The lowest BCUT2D eigenvalue weighted by atomic mass is 10.2. The molecule has 0 amide bonds. The molecule has 2 radical (unpaired) electrons. The van der Waals surface area contributed by atoms with Crippen LogP contribution in [0.1, 0.15) is 18.3 Å². The predicted octanol–water partition coefficient (Wildman–Crippen LogP) is 1.28. The third-order valence-corrected chi connectivity index (χ3v) is 3.78. The second-order valence-electron chi connectivity index (χ2n) is 4.20. The van der Waals surface area contributed by atoms with Gasteiger partial charge in [0.25, 0.3) is 0 Å². The van der Waals surface area contributed by atoms with Gasteiger partial charge in [0.2, 0.25) is 0 Å². The average Bonchev–Trinajstić information content (AvgIpc) is 2.96. The highest BCUT2D eigenvalue weighted by molar-refractivity contribution is 7.70. The summed E-state index contributed by atoms with van der Waals surface area (Å²) in [5, 5.41) is 0. The van der Waals surface area contributed by atoms with E-state index < -0.39 is 17.2 Å². The van der Waals surface area contributed by atoms with Crippen molar-refractivity contribution in [1.29, 1.82) is 2.51 Å². The zero-order chi connectivity index (χ0) is 15.3. The highest BCUT2D eigenvalue weighted by atomic mass is 31.3. The van der Waals surface area contributed by atoms with Gasteiger partial charge in [0, 0.05) is 13.4 Å². The van der Waals surface area contributed by atoms with Gasteiger partial charge in [-0.15, -0.1) is 8.73 Å². The van der Waals surface area contributed by atoms with Crippen molar-refractivity contribution in [1.82, 2.24) is 0 Å². The minimum absolute atomic E-state index is 0.0732. The zero-order valence-corrected chi connectivity index (χ0v) is 12.8. The summed E-state index contributed by atoms with van der Waals surface area (Å²) in [7, 11) is 3.79. The van der Waals surface area contributed by atoms with Gasteiger partial charge in [-0.3, -0.25) is 0 Å². The van der Waals surface area contributed by atoms with Gasteiger partial charge < -0.3 is 18.6 Å². The standard InChI is InChI=1S/C12H18BO4PSi/c1-14-10-4-2-9(3-5-10)12-15-8-11(17-12)6-7-16-19(13)18/h2-5,11-12,19H,6-8,18H2,1H3/t11-,12?,19?/m1/s1/i18T,19D/t11-,12?,18?,19?. The lowest BCUT2D eigenvalue weighted by molar-refractivity contribution is -0.0623. The van der Waals surface area contributed by atoms with Gasteiger partial charge in [-0.2, -0.15) is 0 Å². The Kier molecular flexibility index (Phi) is 4.82. The van der Waals surface area contributed by atoms with Gasteiger partial charge in [-0.05, 0) is 18.6 Å². The highest BCUT2D eigenvalue weighted by Gasteiger charge is 2.27. The van der Waals surface area contributed by atoms with Crippen molar-refractivity contribution in [2.24, 2.45) is 0 Å². The number of rotatable bonds is 7. The maximum Gasteiger partial charge on any atom is 0.184 e. The van der Waals surface area contributed by atoms with Crippen molar-refractivity contribution in [3.8, 4) is 5.75 Å². The Morgan fingerprint density at radius 2 is 2.42 bits per heavy atom. The van der Waals surface area contributed by atoms with E-state index in [-0.39, 0.29) is 12.4 Å². The smallest absolute Gasteiger partial charge is 0.184 e. The molecular formula is C12H18BO4PSi. The second-order valence-corrected chi connectivity index (χ2v) is 6.69. The van der Waals surface area contributed by atoms with Crippen LogP contribution in [0, 0.1) is 0 Å². The van der Waals surface area contributed by atoms with Crippen LogP contribution in [0.15, 0.2) is 24.3 Å². The van der Waals surface area contributed by atoms with Gasteiger partial charge in [0.15, 0.2) is 6.29 Å². The van der Waals surface area contributed by atoms with Crippen LogP contribution in [0.5, 0.6) is 5.75 Å². The van der Waals surface area contributed by atoms with Crippen LogP contribution in [-0.2, 0) is 13.9 Å². The number of ether oxygens (including phenoxy) is 3. The molecule has 1 aliphatic heterocycles. The monoisotopic (exact) mass is 299 g/mol. The van der Waals surface area contributed by atoms with Crippen molar-refractivity contribution in [3.05, 3.63) is 29.8 Å². The molecule has 0 aromatic heterocycles. The number of methoxy groups -OCH3 is 1. The summed E-state index contributed by atoms with van der Waals surface area (Å²) < 4.78 is 36.5. The third kappa shape index (κ3) is 4.58. The van der Waals surface area contributed by atoms with E-state index in [1.165, 1.54) is 0 Å². The van der Waals surface area contributed by atoms with Crippen LogP contribution in [0.2, 0.25) is 0 Å². The van der Waals surface area contributed by atoms with E-state index in [2.05, 4.69) is 0 Å². The summed E-state index contributed by atoms with van der Waals surface area (Å²) in [4.78, 5) is 0. The van der Waals surface area contributed by atoms with E-state index in [1.54, 1.807) is 7.11 Å². The number of hydrogen-bond acceptors (Lipinski definition) is 4. The summed E-state index contributed by atoms with van der Waals surface area (Å²) in [6, 6.07) is 7.54. The Bertz CT molecular complexity index is 451. The fraction of sp³-hybridized carbons (Fsp3) is 0.500. The molecule has 0 aliphatic carbocycles. The van der Waals surface area contributed by atoms with Gasteiger partial charge in [-0.1, -0.05) is 12.1 Å². The van der Waals surface area contributed by atoms with Crippen LogP contribution in [0.4, 0.5) is 0 Å². The fourth-order valence-electron chi connectivity index (χ4n) is 1.84. The van der Waals surface area contributed by atoms with Crippen LogP contribution < -0.4 is 4.74 Å². The first kappa shape index (κ1) is 12.4. The molecule has 0 saturated carbocycles. The molecular weight excluding hydrogens is 278 g/mol. The largest absolute Gasteiger partial charge is 0.497 e. The van der Waals surface area contributed by atoms with Gasteiger partial charge >= 0.3 is 0 Å². The van der Waals surface area contributed by atoms with Gasteiger partial charge in [-0.25, -0.2) is 0 Å². The van der Waals surface area contributed by atoms with Gasteiger partial charge in [0.05, 0.1) is 28.5 Å². The molecule has 1 saturated heterocycles. The van der Waals surface area contributed by atoms with Crippen molar-refractivity contribution in [3.63, 3.8) is 0 Å². The van der Waals surface area contributed by atoms with Crippen molar-refractivity contribution in [2.75, 3.05) is 20.3 Å². The molecule has 0 spiro atoms. The Labute approximate surface area is 121 Å². The van der Waals surface area contributed by atoms with Crippen LogP contribution in [0.3, 0.4) is 0 Å².